The summed E-state index contributed by atoms with van der Waals surface area (Å²) in [5, 5.41) is 3.52. The van der Waals surface area contributed by atoms with E-state index in [0.717, 1.165) is 22.7 Å². The van der Waals surface area contributed by atoms with Crippen molar-refractivity contribution in [1.82, 2.24) is 10.2 Å². The molecule has 2 atom stereocenters. The fourth-order valence-electron chi connectivity index (χ4n) is 3.40. The van der Waals surface area contributed by atoms with Crippen molar-refractivity contribution in [3.63, 3.8) is 0 Å². The Morgan fingerprint density at radius 2 is 2.29 bits per heavy atom. The number of hydrogen-bond donors (Lipinski definition) is 1. The van der Waals surface area contributed by atoms with Gasteiger partial charge in [0.05, 0.1) is 4.34 Å². The van der Waals surface area contributed by atoms with E-state index in [2.05, 4.69) is 30.1 Å². The predicted octanol–water partition coefficient (Wildman–Crippen LogP) is 2.83. The van der Waals surface area contributed by atoms with Crippen LogP contribution in [0.1, 0.15) is 18.7 Å². The lowest BCUT2D eigenvalue weighted by molar-refractivity contribution is 0.133. The maximum atomic E-state index is 6.00. The lowest BCUT2D eigenvalue weighted by atomic mass is 9.85. The van der Waals surface area contributed by atoms with Gasteiger partial charge in [-0.2, -0.15) is 0 Å². The van der Waals surface area contributed by atoms with Crippen LogP contribution in [0.3, 0.4) is 0 Å². The fourth-order valence-corrected chi connectivity index (χ4v) is 4.50. The molecule has 2 nitrogen and oxygen atoms in total. The highest BCUT2D eigenvalue weighted by molar-refractivity contribution is 7.16. The van der Waals surface area contributed by atoms with Crippen molar-refractivity contribution in [1.29, 1.82) is 0 Å². The van der Waals surface area contributed by atoms with E-state index in [9.17, 15) is 0 Å². The first kappa shape index (κ1) is 12.0. The van der Waals surface area contributed by atoms with Gasteiger partial charge in [0.15, 0.2) is 0 Å². The van der Waals surface area contributed by atoms with Crippen LogP contribution in [0.4, 0.5) is 0 Å². The number of nitrogens with one attached hydrogen (secondary N) is 1. The molecule has 1 aromatic rings. The summed E-state index contributed by atoms with van der Waals surface area (Å²) in [5.41, 5.74) is 0.310. The summed E-state index contributed by atoms with van der Waals surface area (Å²) in [5.74, 6) is 1.64. The predicted molar refractivity (Wildman–Crippen MR) is 73.7 cm³/mol. The molecule has 0 spiro atoms. The first-order valence-electron chi connectivity index (χ1n) is 6.27. The van der Waals surface area contributed by atoms with Gasteiger partial charge in [0.2, 0.25) is 0 Å². The topological polar surface area (TPSA) is 15.3 Å². The first-order chi connectivity index (χ1) is 8.07. The highest BCUT2D eigenvalue weighted by atomic mass is 35.5. The lowest BCUT2D eigenvalue weighted by Crippen LogP contribution is -2.43. The zero-order valence-electron chi connectivity index (χ0n) is 10.4. The van der Waals surface area contributed by atoms with Crippen molar-refractivity contribution in [3.05, 3.63) is 21.3 Å². The minimum atomic E-state index is 0.310. The molecule has 0 bridgehead atoms. The molecule has 2 fully saturated rings. The summed E-state index contributed by atoms with van der Waals surface area (Å²) < 4.78 is 0.902. The van der Waals surface area contributed by atoms with Gasteiger partial charge < -0.3 is 5.32 Å². The zero-order chi connectivity index (χ0) is 12.0. The number of fused-ring (bicyclic) bond motifs is 1. The Bertz CT molecular complexity index is 415. The van der Waals surface area contributed by atoms with Crippen molar-refractivity contribution in [2.75, 3.05) is 19.6 Å². The highest BCUT2D eigenvalue weighted by Crippen LogP contribution is 2.41. The molecule has 0 saturated carbocycles. The van der Waals surface area contributed by atoms with E-state index in [0.29, 0.717) is 5.54 Å². The van der Waals surface area contributed by atoms with Crippen molar-refractivity contribution in [2.24, 2.45) is 11.8 Å². The summed E-state index contributed by atoms with van der Waals surface area (Å²) in [6, 6.07) is 4.17. The van der Waals surface area contributed by atoms with Gasteiger partial charge in [-0.15, -0.1) is 11.3 Å². The molecular formula is C13H19ClN2S. The van der Waals surface area contributed by atoms with Gasteiger partial charge in [0.1, 0.15) is 0 Å². The van der Waals surface area contributed by atoms with Gasteiger partial charge in [0, 0.05) is 30.1 Å². The molecule has 0 aromatic carbocycles. The van der Waals surface area contributed by atoms with Crippen molar-refractivity contribution >= 4 is 22.9 Å². The number of nitrogens with zero attached hydrogens (tertiary/aromatic N) is 1. The molecule has 2 saturated heterocycles. The third-order valence-corrected chi connectivity index (χ3v) is 5.71. The average Bonchev–Trinajstić information content (AvgIpc) is 2.90. The summed E-state index contributed by atoms with van der Waals surface area (Å²) in [4.78, 5) is 4.02. The Balaban J connectivity index is 1.76. The van der Waals surface area contributed by atoms with Crippen LogP contribution >= 0.6 is 22.9 Å². The second-order valence-electron chi connectivity index (χ2n) is 5.76. The number of rotatable bonds is 2. The Hall–Kier alpha value is -0.0900. The van der Waals surface area contributed by atoms with E-state index in [1.54, 1.807) is 11.3 Å². The van der Waals surface area contributed by atoms with Gasteiger partial charge in [-0.25, -0.2) is 0 Å². The largest absolute Gasteiger partial charge is 0.316 e. The molecule has 2 aliphatic heterocycles. The smallest absolute Gasteiger partial charge is 0.0931 e. The maximum Gasteiger partial charge on any atom is 0.0931 e. The van der Waals surface area contributed by atoms with Gasteiger partial charge in [-0.05, 0) is 44.4 Å². The molecule has 2 aliphatic rings. The number of hydrogen-bond acceptors (Lipinski definition) is 3. The monoisotopic (exact) mass is 270 g/mol. The van der Waals surface area contributed by atoms with E-state index in [-0.39, 0.29) is 0 Å². The van der Waals surface area contributed by atoms with Gasteiger partial charge in [-0.1, -0.05) is 11.6 Å². The van der Waals surface area contributed by atoms with Gasteiger partial charge in [0.25, 0.3) is 0 Å². The Morgan fingerprint density at radius 1 is 1.47 bits per heavy atom. The number of thiophene rings is 1. The van der Waals surface area contributed by atoms with Crippen molar-refractivity contribution < 1.29 is 0 Å². The standard InChI is InChI=1S/C13H19ClN2S/c1-13(2)11-6-15-5-9(11)7-16(13)8-10-3-4-12(14)17-10/h3-4,9,11,15H,5-8H2,1-2H3. The number of halogens is 1. The zero-order valence-corrected chi connectivity index (χ0v) is 11.9. The van der Waals surface area contributed by atoms with Crippen LogP contribution in [0.5, 0.6) is 0 Å². The SMILES string of the molecule is CC1(C)C2CNCC2CN1Cc1ccc(Cl)s1. The Labute approximate surface area is 112 Å². The highest BCUT2D eigenvalue weighted by Gasteiger charge is 2.49. The second kappa shape index (κ2) is 4.23. The molecule has 94 valence electrons. The number of likely N-dealkylation sites (tertiary alicyclic amines) is 1. The minimum absolute atomic E-state index is 0.310. The average molecular weight is 271 g/mol. The molecule has 1 N–H and O–H groups in total. The summed E-state index contributed by atoms with van der Waals surface area (Å²) in [6.45, 7) is 9.42. The molecule has 3 rings (SSSR count). The molecule has 0 amide bonds. The van der Waals surface area contributed by atoms with Crippen molar-refractivity contribution in [3.8, 4) is 0 Å². The second-order valence-corrected chi connectivity index (χ2v) is 7.56. The van der Waals surface area contributed by atoms with E-state index < -0.39 is 0 Å². The molecule has 17 heavy (non-hydrogen) atoms. The van der Waals surface area contributed by atoms with Crippen LogP contribution in [-0.4, -0.2) is 30.1 Å². The van der Waals surface area contributed by atoms with Crippen LogP contribution in [0.2, 0.25) is 4.34 Å². The first-order valence-corrected chi connectivity index (χ1v) is 7.47. The summed E-state index contributed by atoms with van der Waals surface area (Å²) in [7, 11) is 0. The van der Waals surface area contributed by atoms with Crippen LogP contribution in [0.25, 0.3) is 0 Å². The summed E-state index contributed by atoms with van der Waals surface area (Å²) >= 11 is 7.71. The molecule has 1 aromatic heterocycles. The third-order valence-electron chi connectivity index (χ3n) is 4.49. The minimum Gasteiger partial charge on any atom is -0.316 e. The molecule has 0 radical (unpaired) electrons. The Morgan fingerprint density at radius 3 is 2.94 bits per heavy atom. The molecule has 2 unspecified atom stereocenters. The van der Waals surface area contributed by atoms with Crippen LogP contribution in [0.15, 0.2) is 12.1 Å². The van der Waals surface area contributed by atoms with Crippen molar-refractivity contribution in [2.45, 2.75) is 25.9 Å². The van der Waals surface area contributed by atoms with E-state index in [4.69, 9.17) is 11.6 Å². The normalized spacial score (nSPS) is 31.9. The molecular weight excluding hydrogens is 252 g/mol. The summed E-state index contributed by atoms with van der Waals surface area (Å²) in [6.07, 6.45) is 0. The lowest BCUT2D eigenvalue weighted by Gasteiger charge is -2.35. The van der Waals surface area contributed by atoms with E-state index >= 15 is 0 Å². The molecule has 0 aliphatic carbocycles. The van der Waals surface area contributed by atoms with Crippen LogP contribution in [0, 0.1) is 11.8 Å². The van der Waals surface area contributed by atoms with Crippen LogP contribution < -0.4 is 5.32 Å². The Kier molecular flexibility index (Phi) is 2.98. The van der Waals surface area contributed by atoms with E-state index in [1.165, 1.54) is 24.5 Å². The molecule has 3 heterocycles. The van der Waals surface area contributed by atoms with E-state index in [1.807, 2.05) is 6.07 Å². The van der Waals surface area contributed by atoms with Gasteiger partial charge >= 0.3 is 0 Å². The van der Waals surface area contributed by atoms with Crippen LogP contribution in [-0.2, 0) is 6.54 Å². The quantitative estimate of drug-likeness (QED) is 0.889. The fraction of sp³-hybridized carbons (Fsp3) is 0.692. The maximum absolute atomic E-state index is 6.00. The third kappa shape index (κ3) is 2.03. The molecule has 4 heteroatoms. The van der Waals surface area contributed by atoms with Gasteiger partial charge in [-0.3, -0.25) is 4.90 Å².